The van der Waals surface area contributed by atoms with Crippen LogP contribution >= 0.6 is 11.3 Å². The molecule has 3 aromatic heterocycles. The number of amides is 1. The minimum Gasteiger partial charge on any atom is -0.467 e. The van der Waals surface area contributed by atoms with Crippen molar-refractivity contribution < 1.29 is 18.7 Å². The summed E-state index contributed by atoms with van der Waals surface area (Å²) in [5.41, 5.74) is 3.09. The molecule has 0 spiro atoms. The largest absolute Gasteiger partial charge is 0.467 e. The zero-order chi connectivity index (χ0) is 22.3. The summed E-state index contributed by atoms with van der Waals surface area (Å²) in [7, 11) is 0. The highest BCUT2D eigenvalue weighted by atomic mass is 32.1. The van der Waals surface area contributed by atoms with Gasteiger partial charge >= 0.3 is 5.97 Å². The minimum absolute atomic E-state index is 0.0754. The van der Waals surface area contributed by atoms with E-state index in [1.54, 1.807) is 35.5 Å². The molecule has 0 atom stereocenters. The fraction of sp³-hybridized carbons (Fsp3) is 0.292. The lowest BCUT2D eigenvalue weighted by Gasteiger charge is -2.21. The van der Waals surface area contributed by atoms with Gasteiger partial charge in [0.2, 0.25) is 5.91 Å². The predicted molar refractivity (Wildman–Crippen MR) is 122 cm³/mol. The van der Waals surface area contributed by atoms with Crippen molar-refractivity contribution in [1.82, 2.24) is 14.3 Å². The summed E-state index contributed by atoms with van der Waals surface area (Å²) in [5, 5.41) is 2.07. The van der Waals surface area contributed by atoms with Crippen molar-refractivity contribution in [2.75, 3.05) is 13.2 Å². The van der Waals surface area contributed by atoms with Crippen molar-refractivity contribution in [2.45, 2.75) is 32.7 Å². The third kappa shape index (κ3) is 5.26. The van der Waals surface area contributed by atoms with Gasteiger partial charge in [-0.3, -0.25) is 14.0 Å². The number of rotatable bonds is 10. The minimum atomic E-state index is -0.356. The normalized spacial score (nSPS) is 11.0. The molecule has 0 unspecified atom stereocenters. The standard InChI is InChI=1S/C24H25N3O4S/c1-2-30-23(29)11-10-22(28)26(15-20-9-6-14-31-20)13-12-19-17-32-24-25-21(16-27(19)24)18-7-4-3-5-8-18/h3-9,14,16-17H,2,10-13,15H2,1H3. The Balaban J connectivity index is 1.46. The molecule has 7 nitrogen and oxygen atoms in total. The molecule has 0 fully saturated rings. The van der Waals surface area contributed by atoms with Gasteiger partial charge in [-0.15, -0.1) is 11.3 Å². The Labute approximate surface area is 190 Å². The predicted octanol–water partition coefficient (Wildman–Crippen LogP) is 4.57. The van der Waals surface area contributed by atoms with Crippen LogP contribution in [-0.4, -0.2) is 39.3 Å². The van der Waals surface area contributed by atoms with E-state index in [-0.39, 0.29) is 24.7 Å². The van der Waals surface area contributed by atoms with Gasteiger partial charge in [0, 0.05) is 42.2 Å². The summed E-state index contributed by atoms with van der Waals surface area (Å²) in [6, 6.07) is 13.7. The van der Waals surface area contributed by atoms with Crippen molar-refractivity contribution in [2.24, 2.45) is 0 Å². The maximum Gasteiger partial charge on any atom is 0.306 e. The number of aromatic nitrogens is 2. The molecule has 0 aliphatic heterocycles. The number of carbonyl (C=O) groups excluding carboxylic acids is 2. The molecule has 0 N–H and O–H groups in total. The summed E-state index contributed by atoms with van der Waals surface area (Å²) in [5.74, 6) is 0.251. The summed E-state index contributed by atoms with van der Waals surface area (Å²) in [4.78, 5) is 31.9. The van der Waals surface area contributed by atoms with Gasteiger partial charge in [0.1, 0.15) is 5.76 Å². The first-order chi connectivity index (χ1) is 15.6. The lowest BCUT2D eigenvalue weighted by atomic mass is 10.2. The molecule has 0 bridgehead atoms. The quantitative estimate of drug-likeness (QED) is 0.330. The first-order valence-electron chi connectivity index (χ1n) is 10.6. The Bertz CT molecular complexity index is 1160. The molecule has 0 aliphatic carbocycles. The lowest BCUT2D eigenvalue weighted by Crippen LogP contribution is -2.32. The highest BCUT2D eigenvalue weighted by Crippen LogP contribution is 2.24. The van der Waals surface area contributed by atoms with E-state index >= 15 is 0 Å². The van der Waals surface area contributed by atoms with Gasteiger partial charge in [-0.2, -0.15) is 0 Å². The molecule has 0 aliphatic rings. The van der Waals surface area contributed by atoms with Crippen LogP contribution < -0.4 is 0 Å². The van der Waals surface area contributed by atoms with E-state index in [0.717, 1.165) is 21.9 Å². The average Bonchev–Trinajstić information content (AvgIpc) is 3.54. The number of nitrogens with zero attached hydrogens (tertiary/aromatic N) is 3. The summed E-state index contributed by atoms with van der Waals surface area (Å²) >= 11 is 1.58. The molecule has 4 aromatic rings. The number of carbonyl (C=O) groups is 2. The molecular formula is C24H25N3O4S. The number of thiazole rings is 1. The first kappa shape index (κ1) is 21.8. The van der Waals surface area contributed by atoms with Crippen LogP contribution in [0.1, 0.15) is 31.2 Å². The van der Waals surface area contributed by atoms with E-state index < -0.39 is 0 Å². The summed E-state index contributed by atoms with van der Waals surface area (Å²) in [6.45, 7) is 2.94. The zero-order valence-corrected chi connectivity index (χ0v) is 18.7. The zero-order valence-electron chi connectivity index (χ0n) is 17.9. The maximum absolute atomic E-state index is 12.9. The number of fused-ring (bicyclic) bond motifs is 1. The van der Waals surface area contributed by atoms with Crippen LogP contribution in [0.25, 0.3) is 16.2 Å². The topological polar surface area (TPSA) is 77.1 Å². The molecule has 1 aromatic carbocycles. The van der Waals surface area contributed by atoms with Crippen LogP contribution in [0.4, 0.5) is 0 Å². The molecule has 4 rings (SSSR count). The first-order valence-corrected chi connectivity index (χ1v) is 11.5. The van der Waals surface area contributed by atoms with Crippen LogP contribution in [0, 0.1) is 0 Å². The van der Waals surface area contributed by atoms with Crippen LogP contribution in [0.2, 0.25) is 0 Å². The number of imidazole rings is 1. The third-order valence-corrected chi connectivity index (χ3v) is 6.01. The molecule has 3 heterocycles. The SMILES string of the molecule is CCOC(=O)CCC(=O)N(CCc1csc2nc(-c3ccccc3)cn12)Cc1ccco1. The molecule has 166 valence electrons. The number of ether oxygens (including phenoxy) is 1. The number of hydrogen-bond donors (Lipinski definition) is 0. The fourth-order valence-electron chi connectivity index (χ4n) is 3.49. The Hall–Kier alpha value is -3.39. The average molecular weight is 452 g/mol. The van der Waals surface area contributed by atoms with E-state index in [4.69, 9.17) is 14.1 Å². The highest BCUT2D eigenvalue weighted by Gasteiger charge is 2.18. The van der Waals surface area contributed by atoms with Gasteiger partial charge in [-0.1, -0.05) is 30.3 Å². The van der Waals surface area contributed by atoms with Crippen molar-refractivity contribution >= 4 is 28.2 Å². The van der Waals surface area contributed by atoms with Gasteiger partial charge < -0.3 is 14.1 Å². The van der Waals surface area contributed by atoms with Crippen LogP contribution in [0.3, 0.4) is 0 Å². The number of benzene rings is 1. The summed E-state index contributed by atoms with van der Waals surface area (Å²) < 4.78 is 12.5. The second-order valence-electron chi connectivity index (χ2n) is 7.32. The van der Waals surface area contributed by atoms with Crippen LogP contribution in [0.5, 0.6) is 0 Å². The second kappa shape index (κ2) is 10.3. The van der Waals surface area contributed by atoms with E-state index in [0.29, 0.717) is 31.9 Å². The highest BCUT2D eigenvalue weighted by molar-refractivity contribution is 7.15. The number of furan rings is 1. The third-order valence-electron chi connectivity index (χ3n) is 5.12. The van der Waals surface area contributed by atoms with Gasteiger partial charge in [-0.25, -0.2) is 4.98 Å². The molecule has 0 saturated carbocycles. The van der Waals surface area contributed by atoms with Gasteiger partial charge in [-0.05, 0) is 19.1 Å². The van der Waals surface area contributed by atoms with E-state index in [2.05, 4.69) is 9.78 Å². The van der Waals surface area contributed by atoms with Crippen molar-refractivity contribution in [3.05, 3.63) is 71.8 Å². The van der Waals surface area contributed by atoms with Gasteiger partial charge in [0.25, 0.3) is 0 Å². The van der Waals surface area contributed by atoms with E-state index in [1.165, 1.54) is 0 Å². The second-order valence-corrected chi connectivity index (χ2v) is 8.16. The molecule has 0 saturated heterocycles. The van der Waals surface area contributed by atoms with Crippen LogP contribution in [-0.2, 0) is 27.3 Å². The Morgan fingerprint density at radius 1 is 1.16 bits per heavy atom. The van der Waals surface area contributed by atoms with Crippen molar-refractivity contribution in [3.8, 4) is 11.3 Å². The van der Waals surface area contributed by atoms with E-state index in [9.17, 15) is 9.59 Å². The Morgan fingerprint density at radius 3 is 2.75 bits per heavy atom. The van der Waals surface area contributed by atoms with Crippen molar-refractivity contribution in [3.63, 3.8) is 0 Å². The summed E-state index contributed by atoms with van der Waals surface area (Å²) in [6.07, 6.45) is 4.48. The number of hydrogen-bond acceptors (Lipinski definition) is 6. The maximum atomic E-state index is 12.9. The van der Waals surface area contributed by atoms with Gasteiger partial charge in [0.05, 0.1) is 31.5 Å². The molecular weight excluding hydrogens is 426 g/mol. The van der Waals surface area contributed by atoms with Gasteiger partial charge in [0.15, 0.2) is 4.96 Å². The van der Waals surface area contributed by atoms with Crippen molar-refractivity contribution in [1.29, 1.82) is 0 Å². The molecule has 0 radical (unpaired) electrons. The Morgan fingerprint density at radius 2 is 2.00 bits per heavy atom. The molecule has 32 heavy (non-hydrogen) atoms. The lowest BCUT2D eigenvalue weighted by molar-refractivity contribution is -0.145. The molecule has 8 heteroatoms. The van der Waals surface area contributed by atoms with E-state index in [1.807, 2.05) is 42.6 Å². The van der Waals surface area contributed by atoms with Crippen LogP contribution in [0.15, 0.2) is 64.7 Å². The number of esters is 1. The monoisotopic (exact) mass is 451 g/mol. The smallest absolute Gasteiger partial charge is 0.306 e. The fourth-order valence-corrected chi connectivity index (χ4v) is 4.40. The molecule has 1 amide bonds. The Kier molecular flexibility index (Phi) is 7.01.